The summed E-state index contributed by atoms with van der Waals surface area (Å²) in [5.41, 5.74) is 1.92. The minimum atomic E-state index is -3.61. The van der Waals surface area contributed by atoms with E-state index in [1.165, 1.54) is 36.4 Å². The zero-order valence-electron chi connectivity index (χ0n) is 15.4. The number of aryl methyl sites for hydroxylation is 1. The number of halogens is 1. The molecule has 0 bridgehead atoms. The fraction of sp³-hybridized carbons (Fsp3) is 0.350. The van der Waals surface area contributed by atoms with Crippen molar-refractivity contribution in [3.8, 4) is 0 Å². The molecule has 0 aliphatic carbocycles. The van der Waals surface area contributed by atoms with Gasteiger partial charge in [-0.05, 0) is 74.2 Å². The van der Waals surface area contributed by atoms with Crippen molar-refractivity contribution in [3.63, 3.8) is 0 Å². The van der Waals surface area contributed by atoms with Gasteiger partial charge in [-0.1, -0.05) is 6.92 Å². The van der Waals surface area contributed by atoms with Gasteiger partial charge in [0.25, 0.3) is 5.91 Å². The van der Waals surface area contributed by atoms with Crippen molar-refractivity contribution in [3.05, 3.63) is 59.4 Å². The first-order valence-electron chi connectivity index (χ1n) is 9.04. The van der Waals surface area contributed by atoms with Crippen LogP contribution in [-0.2, 0) is 16.4 Å². The molecule has 27 heavy (non-hydrogen) atoms. The normalized spacial score (nSPS) is 15.3. The summed E-state index contributed by atoms with van der Waals surface area (Å²) in [6, 6.07) is 10.2. The summed E-state index contributed by atoms with van der Waals surface area (Å²) in [6.45, 7) is 4.25. The highest BCUT2D eigenvalue weighted by Gasteiger charge is 2.24. The monoisotopic (exact) mass is 390 g/mol. The van der Waals surface area contributed by atoms with Crippen LogP contribution in [0.4, 0.5) is 10.1 Å². The molecule has 1 aliphatic rings. The molecule has 0 spiro atoms. The van der Waals surface area contributed by atoms with Crippen molar-refractivity contribution in [2.45, 2.75) is 44.0 Å². The average molecular weight is 390 g/mol. The molecule has 0 saturated heterocycles. The smallest absolute Gasteiger partial charge is 0.258 e. The number of benzene rings is 2. The van der Waals surface area contributed by atoms with E-state index in [0.29, 0.717) is 24.2 Å². The molecule has 1 amide bonds. The van der Waals surface area contributed by atoms with Crippen LogP contribution in [0.1, 0.15) is 42.6 Å². The van der Waals surface area contributed by atoms with Crippen LogP contribution in [0.2, 0.25) is 0 Å². The first-order chi connectivity index (χ1) is 12.8. The molecular formula is C20H23FN2O3S. The van der Waals surface area contributed by atoms with Crippen molar-refractivity contribution < 1.29 is 17.6 Å². The molecule has 1 heterocycles. The third-order valence-electron chi connectivity index (χ3n) is 4.79. The molecule has 1 atom stereocenters. The van der Waals surface area contributed by atoms with Crippen molar-refractivity contribution in [2.75, 3.05) is 11.4 Å². The zero-order valence-corrected chi connectivity index (χ0v) is 16.2. The van der Waals surface area contributed by atoms with E-state index in [1.807, 2.05) is 6.92 Å². The van der Waals surface area contributed by atoms with Crippen LogP contribution >= 0.6 is 0 Å². The first-order valence-corrected chi connectivity index (χ1v) is 10.5. The number of carbonyl (C=O) groups excluding carboxylic acids is 1. The summed E-state index contributed by atoms with van der Waals surface area (Å²) in [7, 11) is -3.61. The number of anilines is 1. The fourth-order valence-electron chi connectivity index (χ4n) is 3.13. The predicted molar refractivity (Wildman–Crippen MR) is 103 cm³/mol. The van der Waals surface area contributed by atoms with Gasteiger partial charge in [0.2, 0.25) is 10.0 Å². The van der Waals surface area contributed by atoms with Gasteiger partial charge in [0, 0.05) is 23.8 Å². The summed E-state index contributed by atoms with van der Waals surface area (Å²) < 4.78 is 40.7. The standard InChI is InChI=1S/C20H23FN2O3S/c1-3-14(2)22-27(25,26)18-9-6-15(7-10-18)20(24)23-12-4-5-16-13-17(21)8-11-19(16)23/h6-11,13-14,22H,3-5,12H2,1-2H3. The molecule has 2 aromatic carbocycles. The number of sulfonamides is 1. The van der Waals surface area contributed by atoms with E-state index < -0.39 is 10.0 Å². The van der Waals surface area contributed by atoms with Gasteiger partial charge in [0.15, 0.2) is 0 Å². The molecule has 2 aromatic rings. The Morgan fingerprint density at radius 3 is 2.59 bits per heavy atom. The molecule has 0 saturated carbocycles. The summed E-state index contributed by atoms with van der Waals surface area (Å²) in [6.07, 6.45) is 2.17. The SMILES string of the molecule is CCC(C)NS(=O)(=O)c1ccc(C(=O)N2CCCc3cc(F)ccc32)cc1. The molecule has 1 aliphatic heterocycles. The van der Waals surface area contributed by atoms with Gasteiger partial charge in [-0.3, -0.25) is 4.79 Å². The molecule has 0 aromatic heterocycles. The van der Waals surface area contributed by atoms with E-state index in [4.69, 9.17) is 0 Å². The highest BCUT2D eigenvalue weighted by molar-refractivity contribution is 7.89. The Morgan fingerprint density at radius 2 is 1.93 bits per heavy atom. The predicted octanol–water partition coefficient (Wildman–Crippen LogP) is 3.50. The van der Waals surface area contributed by atoms with E-state index in [0.717, 1.165) is 18.4 Å². The number of rotatable bonds is 5. The molecular weight excluding hydrogens is 367 g/mol. The van der Waals surface area contributed by atoms with Gasteiger partial charge < -0.3 is 4.90 Å². The molecule has 1 unspecified atom stereocenters. The Bertz CT molecular complexity index is 942. The quantitative estimate of drug-likeness (QED) is 0.850. The topological polar surface area (TPSA) is 66.5 Å². The van der Waals surface area contributed by atoms with Crippen LogP contribution in [0.25, 0.3) is 0 Å². The van der Waals surface area contributed by atoms with E-state index in [-0.39, 0.29) is 22.7 Å². The van der Waals surface area contributed by atoms with Crippen LogP contribution in [0, 0.1) is 5.82 Å². The summed E-state index contributed by atoms with van der Waals surface area (Å²) >= 11 is 0. The number of carbonyl (C=O) groups is 1. The Morgan fingerprint density at radius 1 is 1.22 bits per heavy atom. The number of nitrogens with zero attached hydrogens (tertiary/aromatic N) is 1. The molecule has 0 fully saturated rings. The van der Waals surface area contributed by atoms with E-state index >= 15 is 0 Å². The number of nitrogens with one attached hydrogen (secondary N) is 1. The largest absolute Gasteiger partial charge is 0.308 e. The lowest BCUT2D eigenvalue weighted by Crippen LogP contribution is -2.35. The summed E-state index contributed by atoms with van der Waals surface area (Å²) in [5.74, 6) is -0.534. The number of hydrogen-bond donors (Lipinski definition) is 1. The Balaban J connectivity index is 1.83. The molecule has 5 nitrogen and oxygen atoms in total. The van der Waals surface area contributed by atoms with Crippen LogP contribution in [-0.4, -0.2) is 26.9 Å². The highest BCUT2D eigenvalue weighted by Crippen LogP contribution is 2.29. The van der Waals surface area contributed by atoms with Gasteiger partial charge >= 0.3 is 0 Å². The Labute approximate surface area is 159 Å². The lowest BCUT2D eigenvalue weighted by atomic mass is 10.0. The van der Waals surface area contributed by atoms with Crippen molar-refractivity contribution in [1.82, 2.24) is 4.72 Å². The van der Waals surface area contributed by atoms with E-state index in [1.54, 1.807) is 17.9 Å². The minimum Gasteiger partial charge on any atom is -0.308 e. The Kier molecular flexibility index (Phi) is 5.62. The second kappa shape index (κ2) is 7.78. The number of amides is 1. The first kappa shape index (κ1) is 19.5. The summed E-state index contributed by atoms with van der Waals surface area (Å²) in [4.78, 5) is 14.6. The van der Waals surface area contributed by atoms with Crippen LogP contribution in [0.3, 0.4) is 0 Å². The van der Waals surface area contributed by atoms with E-state index in [2.05, 4.69) is 4.72 Å². The lowest BCUT2D eigenvalue weighted by molar-refractivity contribution is 0.0985. The van der Waals surface area contributed by atoms with Crippen molar-refractivity contribution >= 4 is 21.6 Å². The van der Waals surface area contributed by atoms with Gasteiger partial charge in [-0.25, -0.2) is 17.5 Å². The maximum atomic E-state index is 13.5. The second-order valence-corrected chi connectivity index (χ2v) is 8.50. The van der Waals surface area contributed by atoms with Crippen molar-refractivity contribution in [2.24, 2.45) is 0 Å². The molecule has 144 valence electrons. The van der Waals surface area contributed by atoms with Crippen LogP contribution < -0.4 is 9.62 Å². The number of hydrogen-bond acceptors (Lipinski definition) is 3. The molecule has 3 rings (SSSR count). The molecule has 7 heteroatoms. The third kappa shape index (κ3) is 4.20. The van der Waals surface area contributed by atoms with Crippen molar-refractivity contribution in [1.29, 1.82) is 0 Å². The van der Waals surface area contributed by atoms with Gasteiger partial charge in [-0.2, -0.15) is 0 Å². The van der Waals surface area contributed by atoms with Gasteiger partial charge in [-0.15, -0.1) is 0 Å². The number of fused-ring (bicyclic) bond motifs is 1. The average Bonchev–Trinajstić information content (AvgIpc) is 2.66. The second-order valence-electron chi connectivity index (χ2n) is 6.79. The fourth-order valence-corrected chi connectivity index (χ4v) is 4.45. The highest BCUT2D eigenvalue weighted by atomic mass is 32.2. The maximum absolute atomic E-state index is 13.5. The lowest BCUT2D eigenvalue weighted by Gasteiger charge is -2.29. The Hall–Kier alpha value is -2.25. The zero-order chi connectivity index (χ0) is 19.6. The van der Waals surface area contributed by atoms with Gasteiger partial charge in [0.05, 0.1) is 4.90 Å². The maximum Gasteiger partial charge on any atom is 0.258 e. The third-order valence-corrected chi connectivity index (χ3v) is 6.39. The van der Waals surface area contributed by atoms with Gasteiger partial charge in [0.1, 0.15) is 5.82 Å². The minimum absolute atomic E-state index is 0.125. The molecule has 0 radical (unpaired) electrons. The van der Waals surface area contributed by atoms with Crippen LogP contribution in [0.15, 0.2) is 47.4 Å². The van der Waals surface area contributed by atoms with Crippen LogP contribution in [0.5, 0.6) is 0 Å². The molecule has 1 N–H and O–H groups in total. The summed E-state index contributed by atoms with van der Waals surface area (Å²) in [5, 5.41) is 0. The van der Waals surface area contributed by atoms with E-state index in [9.17, 15) is 17.6 Å².